The first-order valence-corrected chi connectivity index (χ1v) is 7.13. The Morgan fingerprint density at radius 2 is 1.75 bits per heavy atom. The highest BCUT2D eigenvalue weighted by Crippen LogP contribution is 2.35. The van der Waals surface area contributed by atoms with Crippen molar-refractivity contribution in [2.45, 2.75) is 6.04 Å². The Kier molecular flexibility index (Phi) is 4.87. The fourth-order valence-corrected chi connectivity index (χ4v) is 3.09. The molecule has 0 aliphatic heterocycles. The van der Waals surface area contributed by atoms with Crippen LogP contribution in [0.5, 0.6) is 17.2 Å². The van der Waals surface area contributed by atoms with Crippen molar-refractivity contribution in [3.63, 3.8) is 0 Å². The summed E-state index contributed by atoms with van der Waals surface area (Å²) < 4.78 is 15.9. The van der Waals surface area contributed by atoms with E-state index in [0.29, 0.717) is 0 Å². The largest absolute Gasteiger partial charge is 0.496 e. The number of ether oxygens (including phenoxy) is 3. The minimum Gasteiger partial charge on any atom is -0.496 e. The first kappa shape index (κ1) is 14.7. The zero-order chi connectivity index (χ0) is 14.5. The van der Waals surface area contributed by atoms with Crippen LogP contribution in [0.3, 0.4) is 0 Å². The molecule has 1 aromatic carbocycles. The van der Waals surface area contributed by atoms with E-state index < -0.39 is 0 Å². The quantitative estimate of drug-likeness (QED) is 0.888. The number of rotatable bonds is 6. The molecular weight excluding hydrogens is 274 g/mol. The van der Waals surface area contributed by atoms with E-state index in [1.807, 2.05) is 36.7 Å². The summed E-state index contributed by atoms with van der Waals surface area (Å²) in [6, 6.07) is 8.09. The number of hydrogen-bond acceptors (Lipinski definition) is 5. The molecule has 2 aromatic rings. The second-order valence-electron chi connectivity index (χ2n) is 4.23. The summed E-state index contributed by atoms with van der Waals surface area (Å²) in [6.45, 7) is 0. The van der Waals surface area contributed by atoms with E-state index in [4.69, 9.17) is 14.2 Å². The molecule has 0 aliphatic carbocycles. The highest BCUT2D eigenvalue weighted by Gasteiger charge is 2.17. The van der Waals surface area contributed by atoms with Crippen LogP contribution >= 0.6 is 11.3 Å². The molecule has 4 nitrogen and oxygen atoms in total. The molecule has 1 unspecified atom stereocenters. The van der Waals surface area contributed by atoms with Crippen molar-refractivity contribution >= 4 is 11.3 Å². The number of nitrogens with one attached hydrogen (secondary N) is 1. The van der Waals surface area contributed by atoms with Gasteiger partial charge in [0, 0.05) is 10.3 Å². The van der Waals surface area contributed by atoms with Gasteiger partial charge in [-0.3, -0.25) is 0 Å². The van der Waals surface area contributed by atoms with Gasteiger partial charge in [-0.2, -0.15) is 0 Å². The molecule has 1 atom stereocenters. The summed E-state index contributed by atoms with van der Waals surface area (Å²) in [5, 5.41) is 5.32. The van der Waals surface area contributed by atoms with Crippen LogP contribution < -0.4 is 19.5 Å². The maximum Gasteiger partial charge on any atom is 0.161 e. The summed E-state index contributed by atoms with van der Waals surface area (Å²) in [6.07, 6.45) is 0. The molecule has 0 bridgehead atoms. The monoisotopic (exact) mass is 293 g/mol. The first-order valence-electron chi connectivity index (χ1n) is 6.25. The molecule has 108 valence electrons. The summed E-state index contributed by atoms with van der Waals surface area (Å²) in [5.41, 5.74) is 1.12. The van der Waals surface area contributed by atoms with Gasteiger partial charge in [0.25, 0.3) is 0 Å². The fraction of sp³-hybridized carbons (Fsp3) is 0.333. The van der Waals surface area contributed by atoms with E-state index in [1.54, 1.807) is 32.7 Å². The van der Waals surface area contributed by atoms with Crippen LogP contribution in [-0.2, 0) is 0 Å². The lowest BCUT2D eigenvalue weighted by atomic mass is 10.0. The van der Waals surface area contributed by atoms with Crippen molar-refractivity contribution in [1.82, 2.24) is 5.32 Å². The zero-order valence-electron chi connectivity index (χ0n) is 12.1. The predicted octanol–water partition coefficient (Wildman–Crippen LogP) is 3.08. The maximum absolute atomic E-state index is 5.36. The summed E-state index contributed by atoms with van der Waals surface area (Å²) in [5.74, 6) is 2.34. The normalized spacial score (nSPS) is 12.0. The van der Waals surface area contributed by atoms with Crippen LogP contribution in [0.4, 0.5) is 0 Å². The van der Waals surface area contributed by atoms with E-state index in [-0.39, 0.29) is 6.04 Å². The van der Waals surface area contributed by atoms with Crippen LogP contribution in [0.25, 0.3) is 0 Å². The molecule has 20 heavy (non-hydrogen) atoms. The molecule has 1 aromatic heterocycles. The van der Waals surface area contributed by atoms with Gasteiger partial charge in [0.15, 0.2) is 11.5 Å². The Bertz CT molecular complexity index is 568. The third-order valence-electron chi connectivity index (χ3n) is 3.15. The summed E-state index contributed by atoms with van der Waals surface area (Å²) in [7, 11) is 6.89. The van der Waals surface area contributed by atoms with Gasteiger partial charge >= 0.3 is 0 Å². The smallest absolute Gasteiger partial charge is 0.161 e. The Labute approximate surface area is 123 Å². The number of benzene rings is 1. The van der Waals surface area contributed by atoms with Gasteiger partial charge in [-0.1, -0.05) is 6.07 Å². The zero-order valence-corrected chi connectivity index (χ0v) is 12.9. The minimum atomic E-state index is 0.101. The van der Waals surface area contributed by atoms with E-state index in [9.17, 15) is 0 Å². The first-order chi connectivity index (χ1) is 9.73. The Hall–Kier alpha value is -1.72. The predicted molar refractivity (Wildman–Crippen MR) is 81.3 cm³/mol. The van der Waals surface area contributed by atoms with Gasteiger partial charge in [-0.15, -0.1) is 11.3 Å². The summed E-state index contributed by atoms with van der Waals surface area (Å²) in [4.78, 5) is 1.19. The average Bonchev–Trinajstić information content (AvgIpc) is 2.96. The molecule has 0 saturated heterocycles. The minimum absolute atomic E-state index is 0.101. The second kappa shape index (κ2) is 6.63. The molecule has 0 fully saturated rings. The van der Waals surface area contributed by atoms with Gasteiger partial charge in [-0.25, -0.2) is 0 Å². The fourth-order valence-electron chi connectivity index (χ4n) is 2.10. The van der Waals surface area contributed by atoms with Gasteiger partial charge in [0.1, 0.15) is 5.75 Å². The Morgan fingerprint density at radius 3 is 2.30 bits per heavy atom. The topological polar surface area (TPSA) is 39.7 Å². The average molecular weight is 293 g/mol. The molecule has 0 saturated carbocycles. The number of hydrogen-bond donors (Lipinski definition) is 1. The van der Waals surface area contributed by atoms with Crippen molar-refractivity contribution in [3.05, 3.63) is 40.1 Å². The Morgan fingerprint density at radius 1 is 1.00 bits per heavy atom. The third-order valence-corrected chi connectivity index (χ3v) is 4.12. The molecule has 5 heteroatoms. The number of methoxy groups -OCH3 is 3. The molecule has 0 radical (unpaired) electrons. The van der Waals surface area contributed by atoms with Crippen molar-refractivity contribution in [3.8, 4) is 17.2 Å². The molecular formula is C15H19NO3S. The Balaban J connectivity index is 2.36. The lowest BCUT2D eigenvalue weighted by Gasteiger charge is -2.17. The van der Waals surface area contributed by atoms with Gasteiger partial charge < -0.3 is 19.5 Å². The SMILES string of the molecule is CNC(c1ccc(OC)c(OC)c1)c1cc(OC)cs1. The molecule has 0 spiro atoms. The van der Waals surface area contributed by atoms with E-state index in [0.717, 1.165) is 22.8 Å². The molecule has 2 rings (SSSR count). The number of thiophene rings is 1. The van der Waals surface area contributed by atoms with Crippen LogP contribution in [0.15, 0.2) is 29.6 Å². The van der Waals surface area contributed by atoms with Crippen molar-refractivity contribution < 1.29 is 14.2 Å². The van der Waals surface area contributed by atoms with Gasteiger partial charge in [0.2, 0.25) is 0 Å². The van der Waals surface area contributed by atoms with Crippen molar-refractivity contribution in [2.24, 2.45) is 0 Å². The molecule has 0 aliphatic rings. The molecule has 1 N–H and O–H groups in total. The van der Waals surface area contributed by atoms with Crippen LogP contribution in [0.1, 0.15) is 16.5 Å². The lowest BCUT2D eigenvalue weighted by Crippen LogP contribution is -2.16. The van der Waals surface area contributed by atoms with E-state index in [1.165, 1.54) is 4.88 Å². The maximum atomic E-state index is 5.36. The van der Waals surface area contributed by atoms with Gasteiger partial charge in [0.05, 0.1) is 27.4 Å². The van der Waals surface area contributed by atoms with Crippen LogP contribution in [0, 0.1) is 0 Å². The van der Waals surface area contributed by atoms with Crippen LogP contribution in [0.2, 0.25) is 0 Å². The second-order valence-corrected chi connectivity index (χ2v) is 5.17. The van der Waals surface area contributed by atoms with Crippen LogP contribution in [-0.4, -0.2) is 28.4 Å². The summed E-state index contributed by atoms with van der Waals surface area (Å²) >= 11 is 1.67. The highest BCUT2D eigenvalue weighted by atomic mass is 32.1. The molecule has 0 amide bonds. The standard InChI is InChI=1S/C15H19NO3S/c1-16-15(14-8-11(17-2)9-20-14)10-5-6-12(18-3)13(7-10)19-4/h5-9,15-16H,1-4H3. The molecule has 1 heterocycles. The van der Waals surface area contributed by atoms with E-state index >= 15 is 0 Å². The van der Waals surface area contributed by atoms with Gasteiger partial charge in [-0.05, 0) is 30.8 Å². The third kappa shape index (κ3) is 2.89. The van der Waals surface area contributed by atoms with E-state index in [2.05, 4.69) is 5.32 Å². The van der Waals surface area contributed by atoms with Crippen molar-refractivity contribution in [2.75, 3.05) is 28.4 Å². The highest BCUT2D eigenvalue weighted by molar-refractivity contribution is 7.10. The van der Waals surface area contributed by atoms with Crippen molar-refractivity contribution in [1.29, 1.82) is 0 Å². The lowest BCUT2D eigenvalue weighted by molar-refractivity contribution is 0.354.